The molecule has 4 aromatic rings. The maximum atomic E-state index is 12.9. The van der Waals surface area contributed by atoms with Gasteiger partial charge in [-0.1, -0.05) is 24.3 Å². The van der Waals surface area contributed by atoms with Gasteiger partial charge in [0, 0.05) is 48.2 Å². The summed E-state index contributed by atoms with van der Waals surface area (Å²) in [4.78, 5) is 26.0. The van der Waals surface area contributed by atoms with Gasteiger partial charge < -0.3 is 5.32 Å². The molecule has 0 bridgehead atoms. The third kappa shape index (κ3) is 3.82. The zero-order valence-electron chi connectivity index (χ0n) is 14.7. The topological polar surface area (TPSA) is 67.8 Å². The lowest BCUT2D eigenvalue weighted by atomic mass is 10.0. The molecule has 5 nitrogen and oxygen atoms in total. The highest BCUT2D eigenvalue weighted by Crippen LogP contribution is 2.24. The van der Waals surface area contributed by atoms with Gasteiger partial charge in [-0.15, -0.1) is 0 Å². The van der Waals surface area contributed by atoms with Crippen LogP contribution in [0.25, 0.3) is 22.2 Å². The summed E-state index contributed by atoms with van der Waals surface area (Å²) in [5.41, 5.74) is 3.96. The van der Waals surface area contributed by atoms with Crippen LogP contribution in [-0.4, -0.2) is 27.4 Å². The minimum atomic E-state index is -0.116. The number of amides is 1. The van der Waals surface area contributed by atoms with Crippen LogP contribution in [0.5, 0.6) is 0 Å². The van der Waals surface area contributed by atoms with Crippen molar-refractivity contribution in [2.24, 2.45) is 0 Å². The summed E-state index contributed by atoms with van der Waals surface area (Å²) in [6.45, 7) is 0.523. The van der Waals surface area contributed by atoms with E-state index in [1.807, 2.05) is 60.7 Å². The second kappa shape index (κ2) is 7.74. The van der Waals surface area contributed by atoms with Crippen LogP contribution in [0.3, 0.4) is 0 Å². The van der Waals surface area contributed by atoms with Crippen molar-refractivity contribution in [1.82, 2.24) is 20.3 Å². The van der Waals surface area contributed by atoms with Crippen LogP contribution in [0.4, 0.5) is 0 Å². The number of rotatable bonds is 5. The Hall–Kier alpha value is -3.60. The third-order valence-electron chi connectivity index (χ3n) is 4.31. The Morgan fingerprint density at radius 3 is 2.67 bits per heavy atom. The number of aromatic nitrogens is 3. The van der Waals surface area contributed by atoms with Crippen LogP contribution in [0.2, 0.25) is 0 Å². The van der Waals surface area contributed by atoms with Gasteiger partial charge in [-0.3, -0.25) is 14.8 Å². The fourth-order valence-electron chi connectivity index (χ4n) is 2.97. The molecule has 0 spiro atoms. The number of nitrogens with one attached hydrogen (secondary N) is 1. The van der Waals surface area contributed by atoms with Crippen molar-refractivity contribution in [2.45, 2.75) is 6.42 Å². The molecule has 27 heavy (non-hydrogen) atoms. The predicted molar refractivity (Wildman–Crippen MR) is 105 cm³/mol. The molecule has 1 amide bonds. The lowest BCUT2D eigenvalue weighted by molar-refractivity contribution is 0.0955. The Labute approximate surface area is 157 Å². The van der Waals surface area contributed by atoms with E-state index in [9.17, 15) is 4.79 Å². The predicted octanol–water partition coefficient (Wildman–Crippen LogP) is 3.66. The summed E-state index contributed by atoms with van der Waals surface area (Å²) in [7, 11) is 0. The van der Waals surface area contributed by atoms with E-state index in [1.165, 1.54) is 0 Å². The average molecular weight is 354 g/mol. The van der Waals surface area contributed by atoms with Gasteiger partial charge in [0.05, 0.1) is 16.8 Å². The number of para-hydroxylation sites is 1. The highest BCUT2D eigenvalue weighted by atomic mass is 16.1. The quantitative estimate of drug-likeness (QED) is 0.594. The summed E-state index contributed by atoms with van der Waals surface area (Å²) < 4.78 is 0. The number of carbonyl (C=O) groups is 1. The summed E-state index contributed by atoms with van der Waals surface area (Å²) in [6, 6.07) is 19.1. The summed E-state index contributed by atoms with van der Waals surface area (Å²) >= 11 is 0. The first-order valence-corrected chi connectivity index (χ1v) is 8.79. The van der Waals surface area contributed by atoms with Crippen molar-refractivity contribution in [1.29, 1.82) is 0 Å². The molecule has 3 heterocycles. The largest absolute Gasteiger partial charge is 0.352 e. The molecule has 132 valence electrons. The van der Waals surface area contributed by atoms with E-state index in [2.05, 4.69) is 20.3 Å². The Balaban J connectivity index is 1.62. The second-order valence-electron chi connectivity index (χ2n) is 6.14. The van der Waals surface area contributed by atoms with E-state index in [0.717, 1.165) is 27.9 Å². The maximum absolute atomic E-state index is 12.9. The van der Waals surface area contributed by atoms with Crippen LogP contribution >= 0.6 is 0 Å². The standard InChI is InChI=1S/C22H18N4O/c27-22(25-13-10-17-7-3-4-12-24-17)19-14-21(16-6-5-11-23-15-16)26-20-9-2-1-8-18(19)20/h1-9,11-12,14-15H,10,13H2,(H,25,27). The van der Waals surface area contributed by atoms with E-state index in [1.54, 1.807) is 18.6 Å². The molecule has 0 saturated heterocycles. The Morgan fingerprint density at radius 2 is 1.85 bits per heavy atom. The van der Waals surface area contributed by atoms with Crippen LogP contribution in [0.1, 0.15) is 16.1 Å². The lowest BCUT2D eigenvalue weighted by Crippen LogP contribution is -2.26. The van der Waals surface area contributed by atoms with Crippen LogP contribution in [-0.2, 0) is 6.42 Å². The molecule has 5 heteroatoms. The molecule has 0 unspecified atom stereocenters. The fourth-order valence-corrected chi connectivity index (χ4v) is 2.97. The zero-order valence-corrected chi connectivity index (χ0v) is 14.7. The summed E-state index contributed by atoms with van der Waals surface area (Å²) in [5.74, 6) is -0.116. The Bertz CT molecular complexity index is 1070. The van der Waals surface area contributed by atoms with Gasteiger partial charge in [0.25, 0.3) is 5.91 Å². The van der Waals surface area contributed by atoms with Gasteiger partial charge in [-0.05, 0) is 36.4 Å². The SMILES string of the molecule is O=C(NCCc1ccccn1)c1cc(-c2cccnc2)nc2ccccc12. The number of carbonyl (C=O) groups excluding carboxylic acids is 1. The minimum Gasteiger partial charge on any atom is -0.352 e. The number of nitrogens with zero attached hydrogens (tertiary/aromatic N) is 3. The van der Waals surface area contributed by atoms with E-state index < -0.39 is 0 Å². The monoisotopic (exact) mass is 354 g/mol. The molecular formula is C22H18N4O. The van der Waals surface area contributed by atoms with Gasteiger partial charge >= 0.3 is 0 Å². The minimum absolute atomic E-state index is 0.116. The Morgan fingerprint density at radius 1 is 0.963 bits per heavy atom. The van der Waals surface area contributed by atoms with E-state index in [-0.39, 0.29) is 5.91 Å². The van der Waals surface area contributed by atoms with Crippen molar-refractivity contribution in [3.63, 3.8) is 0 Å². The fraction of sp³-hybridized carbons (Fsp3) is 0.0909. The number of fused-ring (bicyclic) bond motifs is 1. The molecule has 0 saturated carbocycles. The highest BCUT2D eigenvalue weighted by molar-refractivity contribution is 6.07. The maximum Gasteiger partial charge on any atom is 0.252 e. The van der Waals surface area contributed by atoms with Gasteiger partial charge in [-0.2, -0.15) is 0 Å². The second-order valence-corrected chi connectivity index (χ2v) is 6.14. The van der Waals surface area contributed by atoms with Crippen LogP contribution in [0.15, 0.2) is 79.3 Å². The number of hydrogen-bond acceptors (Lipinski definition) is 4. The van der Waals surface area contributed by atoms with Crippen molar-refractivity contribution in [2.75, 3.05) is 6.54 Å². The molecule has 0 aliphatic carbocycles. The molecular weight excluding hydrogens is 336 g/mol. The van der Waals surface area contributed by atoms with Gasteiger partial charge in [0.2, 0.25) is 0 Å². The zero-order chi connectivity index (χ0) is 18.5. The van der Waals surface area contributed by atoms with Crippen molar-refractivity contribution < 1.29 is 4.79 Å². The molecule has 0 fully saturated rings. The van der Waals surface area contributed by atoms with Crippen molar-refractivity contribution in [3.8, 4) is 11.3 Å². The van der Waals surface area contributed by atoms with Crippen LogP contribution in [0, 0.1) is 0 Å². The number of benzene rings is 1. The van der Waals surface area contributed by atoms with E-state index >= 15 is 0 Å². The van der Waals surface area contributed by atoms with E-state index in [4.69, 9.17) is 0 Å². The molecule has 0 atom stereocenters. The van der Waals surface area contributed by atoms with Gasteiger partial charge in [-0.25, -0.2) is 4.98 Å². The van der Waals surface area contributed by atoms with Crippen molar-refractivity contribution in [3.05, 3.63) is 90.5 Å². The summed E-state index contributed by atoms with van der Waals surface area (Å²) in [6.07, 6.45) is 5.91. The Kier molecular flexibility index (Phi) is 4.83. The van der Waals surface area contributed by atoms with Crippen molar-refractivity contribution >= 4 is 16.8 Å². The third-order valence-corrected chi connectivity index (χ3v) is 4.31. The van der Waals surface area contributed by atoms with Gasteiger partial charge in [0.1, 0.15) is 0 Å². The first-order chi connectivity index (χ1) is 13.3. The first kappa shape index (κ1) is 16.8. The van der Waals surface area contributed by atoms with Crippen LogP contribution < -0.4 is 5.32 Å². The molecule has 0 aliphatic heterocycles. The number of hydrogen-bond donors (Lipinski definition) is 1. The first-order valence-electron chi connectivity index (χ1n) is 8.79. The van der Waals surface area contributed by atoms with E-state index in [0.29, 0.717) is 18.5 Å². The molecule has 3 aromatic heterocycles. The lowest BCUT2D eigenvalue weighted by Gasteiger charge is -2.10. The molecule has 4 rings (SSSR count). The molecule has 1 N–H and O–H groups in total. The average Bonchev–Trinajstić information content (AvgIpc) is 2.74. The highest BCUT2D eigenvalue weighted by Gasteiger charge is 2.13. The normalized spacial score (nSPS) is 10.7. The smallest absolute Gasteiger partial charge is 0.252 e. The number of pyridine rings is 3. The molecule has 1 aromatic carbocycles. The molecule has 0 radical (unpaired) electrons. The van der Waals surface area contributed by atoms with Gasteiger partial charge in [0.15, 0.2) is 0 Å². The molecule has 0 aliphatic rings. The summed E-state index contributed by atoms with van der Waals surface area (Å²) in [5, 5.41) is 3.83.